The second-order valence-electron chi connectivity index (χ2n) is 3.76. The lowest BCUT2D eigenvalue weighted by atomic mass is 10.3. The summed E-state index contributed by atoms with van der Waals surface area (Å²) >= 11 is 0. The van der Waals surface area contributed by atoms with Gasteiger partial charge in [-0.2, -0.15) is 0 Å². The van der Waals surface area contributed by atoms with Crippen LogP contribution in [0.15, 0.2) is 0 Å². The van der Waals surface area contributed by atoms with Gasteiger partial charge in [0.15, 0.2) is 0 Å². The molecule has 0 heterocycles. The SMILES string of the molecule is CCC[C@H](N)[Si](C)(C)C. The molecule has 0 bridgehead atoms. The van der Waals surface area contributed by atoms with Crippen LogP contribution in [0.5, 0.6) is 0 Å². The topological polar surface area (TPSA) is 26.0 Å². The van der Waals surface area contributed by atoms with Crippen molar-refractivity contribution in [2.24, 2.45) is 5.73 Å². The zero-order valence-electron chi connectivity index (χ0n) is 7.07. The van der Waals surface area contributed by atoms with Crippen molar-refractivity contribution in [1.82, 2.24) is 0 Å². The van der Waals surface area contributed by atoms with E-state index in [1.54, 1.807) is 0 Å². The normalized spacial score (nSPS) is 15.7. The Labute approximate surface area is 59.6 Å². The summed E-state index contributed by atoms with van der Waals surface area (Å²) in [6.07, 6.45) is 2.43. The molecule has 0 aromatic heterocycles. The Balaban J connectivity index is 3.59. The molecule has 0 amide bonds. The average Bonchev–Trinajstić information content (AvgIpc) is 1.64. The first-order valence-corrected chi connectivity index (χ1v) is 7.31. The summed E-state index contributed by atoms with van der Waals surface area (Å²) in [5.74, 6) is 0. The maximum Gasteiger partial charge on any atom is 0.0632 e. The highest BCUT2D eigenvalue weighted by molar-refractivity contribution is 6.77. The van der Waals surface area contributed by atoms with Gasteiger partial charge < -0.3 is 5.73 Å². The maximum absolute atomic E-state index is 5.92. The van der Waals surface area contributed by atoms with E-state index in [1.807, 2.05) is 0 Å². The summed E-state index contributed by atoms with van der Waals surface area (Å²) in [6, 6.07) is 0. The van der Waals surface area contributed by atoms with Crippen LogP contribution in [0, 0.1) is 0 Å². The Morgan fingerprint density at radius 3 is 1.89 bits per heavy atom. The van der Waals surface area contributed by atoms with Crippen molar-refractivity contribution in [2.75, 3.05) is 0 Å². The van der Waals surface area contributed by atoms with E-state index in [1.165, 1.54) is 12.8 Å². The number of nitrogens with two attached hydrogens (primary N) is 1. The average molecular weight is 145 g/mol. The highest BCUT2D eigenvalue weighted by atomic mass is 28.3. The Morgan fingerprint density at radius 1 is 1.33 bits per heavy atom. The lowest BCUT2D eigenvalue weighted by Crippen LogP contribution is -2.44. The molecule has 2 heteroatoms. The molecule has 0 aromatic carbocycles. The highest BCUT2D eigenvalue weighted by Gasteiger charge is 2.21. The molecule has 0 fully saturated rings. The monoisotopic (exact) mass is 145 g/mol. The summed E-state index contributed by atoms with van der Waals surface area (Å²) in [6.45, 7) is 9.17. The van der Waals surface area contributed by atoms with Gasteiger partial charge in [-0.05, 0) is 12.1 Å². The van der Waals surface area contributed by atoms with Crippen LogP contribution in [0.1, 0.15) is 19.8 Å². The van der Waals surface area contributed by atoms with E-state index < -0.39 is 8.07 Å². The van der Waals surface area contributed by atoms with Gasteiger partial charge in [0.05, 0.1) is 8.07 Å². The first kappa shape index (κ1) is 9.18. The van der Waals surface area contributed by atoms with E-state index in [2.05, 4.69) is 26.6 Å². The molecule has 0 radical (unpaired) electrons. The molecule has 56 valence electrons. The molecular weight excluding hydrogens is 126 g/mol. The molecule has 0 aliphatic heterocycles. The Morgan fingerprint density at radius 2 is 1.78 bits per heavy atom. The minimum absolute atomic E-state index is 0.502. The highest BCUT2D eigenvalue weighted by Crippen LogP contribution is 2.09. The first-order chi connectivity index (χ1) is 3.98. The third kappa shape index (κ3) is 3.70. The van der Waals surface area contributed by atoms with E-state index in [4.69, 9.17) is 5.73 Å². The maximum atomic E-state index is 5.92. The summed E-state index contributed by atoms with van der Waals surface area (Å²) in [7, 11) is -1.00. The van der Waals surface area contributed by atoms with Crippen LogP contribution < -0.4 is 5.73 Å². The summed E-state index contributed by atoms with van der Waals surface area (Å²) in [4.78, 5) is 0. The Bertz CT molecular complexity index is 75.5. The van der Waals surface area contributed by atoms with E-state index in [0.29, 0.717) is 5.67 Å². The van der Waals surface area contributed by atoms with E-state index >= 15 is 0 Å². The van der Waals surface area contributed by atoms with Gasteiger partial charge in [-0.15, -0.1) is 0 Å². The first-order valence-electron chi connectivity index (χ1n) is 3.74. The lowest BCUT2D eigenvalue weighted by molar-refractivity contribution is 0.732. The minimum Gasteiger partial charge on any atom is -0.330 e. The molecule has 0 rings (SSSR count). The number of hydrogen-bond donors (Lipinski definition) is 1. The molecule has 9 heavy (non-hydrogen) atoms. The molecule has 1 atom stereocenters. The van der Waals surface area contributed by atoms with Gasteiger partial charge in [-0.3, -0.25) is 0 Å². The summed E-state index contributed by atoms with van der Waals surface area (Å²) in [5, 5.41) is 0. The van der Waals surface area contributed by atoms with E-state index in [9.17, 15) is 0 Å². The number of hydrogen-bond acceptors (Lipinski definition) is 1. The molecule has 0 saturated heterocycles. The molecular formula is C7H19NSi. The predicted molar refractivity (Wildman–Crippen MR) is 46.2 cm³/mol. The summed E-state index contributed by atoms with van der Waals surface area (Å²) in [5.41, 5.74) is 6.43. The molecule has 0 spiro atoms. The van der Waals surface area contributed by atoms with Crippen LogP contribution in [0.25, 0.3) is 0 Å². The zero-order valence-corrected chi connectivity index (χ0v) is 8.07. The third-order valence-electron chi connectivity index (χ3n) is 1.71. The van der Waals surface area contributed by atoms with Crippen LogP contribution in [0.4, 0.5) is 0 Å². The Kier molecular flexibility index (Phi) is 3.44. The van der Waals surface area contributed by atoms with Crippen molar-refractivity contribution < 1.29 is 0 Å². The molecule has 0 aliphatic rings. The van der Waals surface area contributed by atoms with Gasteiger partial charge in [-0.1, -0.05) is 33.0 Å². The Hall–Kier alpha value is 0.177. The van der Waals surface area contributed by atoms with Gasteiger partial charge in [0.2, 0.25) is 0 Å². The molecule has 1 nitrogen and oxygen atoms in total. The fraction of sp³-hybridized carbons (Fsp3) is 1.00. The smallest absolute Gasteiger partial charge is 0.0632 e. The standard InChI is InChI=1S/C7H19NSi/c1-5-6-7(8)9(2,3)4/h7H,5-6,8H2,1-4H3/t7-/m1/s1. The van der Waals surface area contributed by atoms with Crippen molar-refractivity contribution in [3.8, 4) is 0 Å². The minimum atomic E-state index is -1.00. The fourth-order valence-electron chi connectivity index (χ4n) is 0.744. The lowest BCUT2D eigenvalue weighted by Gasteiger charge is -2.24. The quantitative estimate of drug-likeness (QED) is 0.604. The van der Waals surface area contributed by atoms with Crippen LogP contribution in [-0.2, 0) is 0 Å². The van der Waals surface area contributed by atoms with Crippen LogP contribution >= 0.6 is 0 Å². The van der Waals surface area contributed by atoms with Crippen LogP contribution in [0.2, 0.25) is 19.6 Å². The molecule has 0 aliphatic carbocycles. The van der Waals surface area contributed by atoms with Crippen molar-refractivity contribution in [1.29, 1.82) is 0 Å². The fourth-order valence-corrected chi connectivity index (χ4v) is 1.90. The van der Waals surface area contributed by atoms with Gasteiger partial charge in [0.25, 0.3) is 0 Å². The third-order valence-corrected chi connectivity index (χ3v) is 4.23. The molecule has 0 saturated carbocycles. The van der Waals surface area contributed by atoms with Crippen molar-refractivity contribution >= 4 is 8.07 Å². The zero-order chi connectivity index (χ0) is 7.49. The van der Waals surface area contributed by atoms with Crippen LogP contribution in [0.3, 0.4) is 0 Å². The van der Waals surface area contributed by atoms with Crippen molar-refractivity contribution in [3.05, 3.63) is 0 Å². The molecule has 0 unspecified atom stereocenters. The van der Waals surface area contributed by atoms with E-state index in [-0.39, 0.29) is 0 Å². The van der Waals surface area contributed by atoms with Crippen LogP contribution in [-0.4, -0.2) is 13.7 Å². The summed E-state index contributed by atoms with van der Waals surface area (Å²) < 4.78 is 0. The second-order valence-corrected chi connectivity index (χ2v) is 9.23. The second kappa shape index (κ2) is 3.37. The van der Waals surface area contributed by atoms with Crippen molar-refractivity contribution in [3.63, 3.8) is 0 Å². The van der Waals surface area contributed by atoms with Gasteiger partial charge >= 0.3 is 0 Å². The van der Waals surface area contributed by atoms with E-state index in [0.717, 1.165) is 0 Å². The number of rotatable bonds is 3. The predicted octanol–water partition coefficient (Wildman–Crippen LogP) is 1.99. The molecule has 2 N–H and O–H groups in total. The van der Waals surface area contributed by atoms with Gasteiger partial charge in [-0.25, -0.2) is 0 Å². The molecule has 0 aromatic rings. The van der Waals surface area contributed by atoms with Gasteiger partial charge in [0.1, 0.15) is 0 Å². The van der Waals surface area contributed by atoms with Gasteiger partial charge in [0, 0.05) is 0 Å². The van der Waals surface area contributed by atoms with Crippen molar-refractivity contribution in [2.45, 2.75) is 45.1 Å². The largest absolute Gasteiger partial charge is 0.330 e.